The first-order chi connectivity index (χ1) is 16.3. The molecular formula is C23H22F3N3O4S. The Morgan fingerprint density at radius 3 is 2.79 bits per heavy atom. The van der Waals surface area contributed by atoms with Crippen LogP contribution in [0.5, 0.6) is 11.5 Å². The second-order valence-corrected chi connectivity index (χ2v) is 7.74. The lowest BCUT2D eigenvalue weighted by atomic mass is 10.1. The number of carbonyl (C=O) groups is 1. The van der Waals surface area contributed by atoms with Crippen molar-refractivity contribution >= 4 is 28.7 Å². The van der Waals surface area contributed by atoms with Crippen molar-refractivity contribution < 1.29 is 32.2 Å². The summed E-state index contributed by atoms with van der Waals surface area (Å²) in [5, 5.41) is 6.40. The monoisotopic (exact) mass is 493 g/mol. The Labute approximate surface area is 198 Å². The molecule has 0 fully saturated rings. The van der Waals surface area contributed by atoms with Crippen molar-refractivity contribution in [2.24, 2.45) is 5.10 Å². The van der Waals surface area contributed by atoms with Gasteiger partial charge in [0.15, 0.2) is 0 Å². The Hall–Kier alpha value is -3.60. The van der Waals surface area contributed by atoms with Gasteiger partial charge in [-0.2, -0.15) is 18.3 Å². The van der Waals surface area contributed by atoms with Gasteiger partial charge in [-0.15, -0.1) is 11.3 Å². The molecule has 1 N–H and O–H groups in total. The summed E-state index contributed by atoms with van der Waals surface area (Å²) in [5.74, 6) is 0.279. The van der Waals surface area contributed by atoms with E-state index >= 15 is 0 Å². The Morgan fingerprint density at radius 1 is 1.24 bits per heavy atom. The molecular weight excluding hydrogens is 471 g/mol. The number of methoxy groups -OCH3 is 1. The Kier molecular flexibility index (Phi) is 8.47. The van der Waals surface area contributed by atoms with Gasteiger partial charge in [0.1, 0.15) is 18.1 Å². The minimum Gasteiger partial charge on any atom is -0.496 e. The molecule has 11 heteroatoms. The number of esters is 1. The highest BCUT2D eigenvalue weighted by atomic mass is 32.1. The first-order valence-corrected chi connectivity index (χ1v) is 11.0. The molecule has 0 saturated carbocycles. The van der Waals surface area contributed by atoms with Gasteiger partial charge >= 0.3 is 12.1 Å². The van der Waals surface area contributed by atoms with Gasteiger partial charge in [-0.05, 0) is 48.9 Å². The zero-order chi connectivity index (χ0) is 24.6. The molecule has 0 aliphatic carbocycles. The summed E-state index contributed by atoms with van der Waals surface area (Å²) in [7, 11) is 1.49. The molecule has 3 rings (SSSR count). The van der Waals surface area contributed by atoms with Crippen molar-refractivity contribution in [1.29, 1.82) is 0 Å². The van der Waals surface area contributed by atoms with Crippen molar-refractivity contribution in [3.05, 3.63) is 70.2 Å². The molecule has 1 aromatic heterocycles. The van der Waals surface area contributed by atoms with Gasteiger partial charge < -0.3 is 14.2 Å². The topological polar surface area (TPSA) is 82.0 Å². The van der Waals surface area contributed by atoms with Gasteiger partial charge in [0.05, 0.1) is 37.6 Å². The van der Waals surface area contributed by atoms with Crippen LogP contribution in [-0.2, 0) is 28.7 Å². The molecule has 34 heavy (non-hydrogen) atoms. The summed E-state index contributed by atoms with van der Waals surface area (Å²) >= 11 is 1.30. The third-order valence-corrected chi connectivity index (χ3v) is 5.21. The van der Waals surface area contributed by atoms with E-state index in [0.29, 0.717) is 34.3 Å². The molecule has 0 aliphatic rings. The number of carbonyl (C=O) groups excluding carboxylic acids is 1. The smallest absolute Gasteiger partial charge is 0.416 e. The first kappa shape index (κ1) is 25.0. The highest BCUT2D eigenvalue weighted by Gasteiger charge is 2.30. The minimum absolute atomic E-state index is 0.00327. The summed E-state index contributed by atoms with van der Waals surface area (Å²) in [6, 6.07) is 9.93. The Balaban J connectivity index is 1.63. The third-order valence-electron chi connectivity index (χ3n) is 4.42. The fraction of sp³-hybridized carbons (Fsp3) is 0.261. The molecule has 0 atom stereocenters. The molecule has 180 valence electrons. The molecule has 0 amide bonds. The van der Waals surface area contributed by atoms with Crippen molar-refractivity contribution in [1.82, 2.24) is 4.98 Å². The third kappa shape index (κ3) is 7.20. The van der Waals surface area contributed by atoms with Crippen LogP contribution in [-0.4, -0.2) is 30.9 Å². The summed E-state index contributed by atoms with van der Waals surface area (Å²) in [6.07, 6.45) is -2.81. The predicted molar refractivity (Wildman–Crippen MR) is 122 cm³/mol. The van der Waals surface area contributed by atoms with Crippen LogP contribution in [0.4, 0.5) is 18.3 Å². The molecule has 1 heterocycles. The number of anilines is 1. The molecule has 2 aromatic carbocycles. The maximum absolute atomic E-state index is 12.9. The summed E-state index contributed by atoms with van der Waals surface area (Å²) in [5.41, 5.74) is 3.94. The SMILES string of the molecule is CCOC(=O)Cc1csc(NN=Cc2ccc(OC)c(COc3cccc(C(F)(F)F)c3)c2)n1. The fourth-order valence-electron chi connectivity index (χ4n) is 2.88. The number of thiazole rings is 1. The van der Waals surface area contributed by atoms with Gasteiger partial charge in [-0.1, -0.05) is 6.07 Å². The van der Waals surface area contributed by atoms with Gasteiger partial charge in [0.2, 0.25) is 5.13 Å². The number of alkyl halides is 3. The number of hydrogen-bond donors (Lipinski definition) is 1. The Bertz CT molecular complexity index is 1150. The van der Waals surface area contributed by atoms with Crippen LogP contribution in [0.3, 0.4) is 0 Å². The number of aromatic nitrogens is 1. The summed E-state index contributed by atoms with van der Waals surface area (Å²) in [6.45, 7) is 2.05. The van der Waals surface area contributed by atoms with Gasteiger partial charge in [0.25, 0.3) is 0 Å². The fourth-order valence-corrected chi connectivity index (χ4v) is 3.54. The Morgan fingerprint density at radius 2 is 2.06 bits per heavy atom. The highest BCUT2D eigenvalue weighted by molar-refractivity contribution is 7.13. The van der Waals surface area contributed by atoms with Crippen LogP contribution in [0.25, 0.3) is 0 Å². The number of hydrazone groups is 1. The van der Waals surface area contributed by atoms with Crippen LogP contribution in [0.1, 0.15) is 29.3 Å². The van der Waals surface area contributed by atoms with Crippen LogP contribution in [0, 0.1) is 0 Å². The summed E-state index contributed by atoms with van der Waals surface area (Å²) in [4.78, 5) is 15.8. The second-order valence-electron chi connectivity index (χ2n) is 6.88. The summed E-state index contributed by atoms with van der Waals surface area (Å²) < 4.78 is 54.5. The number of benzene rings is 2. The highest BCUT2D eigenvalue weighted by Crippen LogP contribution is 2.32. The lowest BCUT2D eigenvalue weighted by Gasteiger charge is -2.13. The standard InChI is InChI=1S/C23H22F3N3O4S/c1-3-32-21(30)11-18-14-34-22(28-18)29-27-12-15-7-8-20(31-2)16(9-15)13-33-19-6-4-5-17(10-19)23(24,25)26/h4-10,12,14H,3,11,13H2,1-2H3,(H,28,29). The quantitative estimate of drug-likeness (QED) is 0.235. The molecule has 0 spiro atoms. The van der Waals surface area contributed by atoms with E-state index in [0.717, 1.165) is 12.1 Å². The van der Waals surface area contributed by atoms with Gasteiger partial charge in [0, 0.05) is 10.9 Å². The number of nitrogens with zero attached hydrogens (tertiary/aromatic N) is 2. The van der Waals surface area contributed by atoms with E-state index in [2.05, 4.69) is 15.5 Å². The first-order valence-electron chi connectivity index (χ1n) is 10.1. The second kappa shape index (κ2) is 11.5. The predicted octanol–water partition coefficient (Wildman–Crippen LogP) is 5.30. The van der Waals surface area contributed by atoms with Crippen LogP contribution in [0.2, 0.25) is 0 Å². The zero-order valence-electron chi connectivity index (χ0n) is 18.4. The number of ether oxygens (including phenoxy) is 3. The zero-order valence-corrected chi connectivity index (χ0v) is 19.2. The van der Waals surface area contributed by atoms with E-state index in [4.69, 9.17) is 14.2 Å². The van der Waals surface area contributed by atoms with Crippen molar-refractivity contribution in [3.8, 4) is 11.5 Å². The number of rotatable bonds is 10. The van der Waals surface area contributed by atoms with Crippen molar-refractivity contribution in [2.75, 3.05) is 19.1 Å². The van der Waals surface area contributed by atoms with Crippen LogP contribution in [0.15, 0.2) is 52.9 Å². The van der Waals surface area contributed by atoms with E-state index in [1.54, 1.807) is 36.7 Å². The van der Waals surface area contributed by atoms with Crippen LogP contribution < -0.4 is 14.9 Å². The normalized spacial score (nSPS) is 11.4. The van der Waals surface area contributed by atoms with E-state index in [-0.39, 0.29) is 24.7 Å². The van der Waals surface area contributed by atoms with Crippen LogP contribution >= 0.6 is 11.3 Å². The van der Waals surface area contributed by atoms with E-state index in [1.165, 1.54) is 30.6 Å². The van der Waals surface area contributed by atoms with E-state index in [1.807, 2.05) is 0 Å². The van der Waals surface area contributed by atoms with E-state index in [9.17, 15) is 18.0 Å². The van der Waals surface area contributed by atoms with Gasteiger partial charge in [-0.3, -0.25) is 10.2 Å². The lowest BCUT2D eigenvalue weighted by Crippen LogP contribution is -2.07. The molecule has 0 aliphatic heterocycles. The molecule has 0 radical (unpaired) electrons. The average Bonchev–Trinajstić information content (AvgIpc) is 3.24. The minimum atomic E-state index is -4.45. The number of halogens is 3. The molecule has 7 nitrogen and oxygen atoms in total. The number of hydrogen-bond acceptors (Lipinski definition) is 8. The van der Waals surface area contributed by atoms with Gasteiger partial charge in [-0.25, -0.2) is 4.98 Å². The molecule has 0 unspecified atom stereocenters. The maximum Gasteiger partial charge on any atom is 0.416 e. The lowest BCUT2D eigenvalue weighted by molar-refractivity contribution is -0.142. The average molecular weight is 494 g/mol. The maximum atomic E-state index is 12.9. The molecule has 0 saturated heterocycles. The van der Waals surface area contributed by atoms with Crippen molar-refractivity contribution in [3.63, 3.8) is 0 Å². The molecule has 0 bridgehead atoms. The largest absolute Gasteiger partial charge is 0.496 e. The van der Waals surface area contributed by atoms with E-state index < -0.39 is 11.7 Å². The number of nitrogens with one attached hydrogen (secondary N) is 1. The molecule has 3 aromatic rings. The van der Waals surface area contributed by atoms with Crippen molar-refractivity contribution in [2.45, 2.75) is 26.1 Å².